The van der Waals surface area contributed by atoms with Crippen LogP contribution in [0, 0.1) is 0 Å². The van der Waals surface area contributed by atoms with Crippen LogP contribution in [0.1, 0.15) is 29.8 Å². The van der Waals surface area contributed by atoms with E-state index in [0.717, 1.165) is 9.87 Å². The third-order valence-corrected chi connectivity index (χ3v) is 5.79. The van der Waals surface area contributed by atoms with Crippen LogP contribution in [0.4, 0.5) is 0 Å². The number of rotatable bonds is 10. The summed E-state index contributed by atoms with van der Waals surface area (Å²) in [6.45, 7) is 4.66. The molecule has 0 aromatic heterocycles. The first-order valence-electron chi connectivity index (χ1n) is 9.23. The van der Waals surface area contributed by atoms with E-state index in [4.69, 9.17) is 14.2 Å². The highest BCUT2D eigenvalue weighted by Crippen LogP contribution is 2.18. The van der Waals surface area contributed by atoms with E-state index in [0.29, 0.717) is 17.9 Å². The van der Waals surface area contributed by atoms with Gasteiger partial charge >= 0.3 is 5.97 Å². The van der Waals surface area contributed by atoms with Crippen molar-refractivity contribution < 1.29 is 27.4 Å². The highest BCUT2D eigenvalue weighted by Gasteiger charge is 2.16. The minimum atomic E-state index is -3.47. The molecule has 0 aliphatic carbocycles. The van der Waals surface area contributed by atoms with Gasteiger partial charge < -0.3 is 14.2 Å². The van der Waals surface area contributed by atoms with E-state index in [-0.39, 0.29) is 24.2 Å². The molecule has 0 heterocycles. The summed E-state index contributed by atoms with van der Waals surface area (Å²) in [6.07, 6.45) is 0.147. The Hall–Kier alpha value is -2.42. The zero-order chi connectivity index (χ0) is 21.4. The van der Waals surface area contributed by atoms with Gasteiger partial charge in [0, 0.05) is 14.1 Å². The maximum Gasteiger partial charge on any atom is 0.338 e. The lowest BCUT2D eigenvalue weighted by molar-refractivity contribution is 0.0449. The van der Waals surface area contributed by atoms with E-state index < -0.39 is 16.0 Å². The van der Waals surface area contributed by atoms with Crippen LogP contribution in [0.3, 0.4) is 0 Å². The van der Waals surface area contributed by atoms with Crippen molar-refractivity contribution >= 4 is 16.0 Å². The average Bonchev–Trinajstić information content (AvgIpc) is 2.70. The van der Waals surface area contributed by atoms with Crippen LogP contribution in [0.2, 0.25) is 0 Å². The van der Waals surface area contributed by atoms with Crippen molar-refractivity contribution in [1.29, 1.82) is 0 Å². The predicted octanol–water partition coefficient (Wildman–Crippen LogP) is 3.10. The smallest absolute Gasteiger partial charge is 0.338 e. The Labute approximate surface area is 172 Å². The third kappa shape index (κ3) is 6.85. The van der Waals surface area contributed by atoms with Gasteiger partial charge in [-0.2, -0.15) is 0 Å². The molecular weight excluding hydrogens is 394 g/mol. The minimum Gasteiger partial charge on any atom is -0.490 e. The van der Waals surface area contributed by atoms with Crippen LogP contribution in [-0.4, -0.2) is 52.1 Å². The topological polar surface area (TPSA) is 82.1 Å². The fraction of sp³-hybridized carbons (Fsp3) is 0.381. The second-order valence-corrected chi connectivity index (χ2v) is 8.95. The number of sulfonamides is 1. The first kappa shape index (κ1) is 22.9. The number of hydrogen-bond acceptors (Lipinski definition) is 6. The standard InChI is InChI=1S/C21H27NO6S/c1-16(2)28-15-17-5-7-18(8-6-17)21(23)27-14-13-26-19-9-11-20(12-10-19)29(24,25)22(3)4/h5-12,16H,13-15H2,1-4H3. The molecule has 7 nitrogen and oxygen atoms in total. The van der Waals surface area contributed by atoms with Crippen LogP contribution < -0.4 is 4.74 Å². The Morgan fingerprint density at radius 1 is 0.966 bits per heavy atom. The van der Waals surface area contributed by atoms with Crippen LogP contribution in [-0.2, 0) is 26.1 Å². The molecule has 0 atom stereocenters. The summed E-state index contributed by atoms with van der Waals surface area (Å²) in [5.74, 6) is 0.0608. The van der Waals surface area contributed by atoms with Gasteiger partial charge in [0.25, 0.3) is 0 Å². The van der Waals surface area contributed by atoms with E-state index in [1.807, 2.05) is 26.0 Å². The lowest BCUT2D eigenvalue weighted by atomic mass is 10.1. The van der Waals surface area contributed by atoms with Crippen molar-refractivity contribution in [3.8, 4) is 5.75 Å². The monoisotopic (exact) mass is 421 g/mol. The van der Waals surface area contributed by atoms with E-state index >= 15 is 0 Å². The number of hydrogen-bond donors (Lipinski definition) is 0. The third-order valence-electron chi connectivity index (χ3n) is 3.96. The largest absolute Gasteiger partial charge is 0.490 e. The van der Waals surface area contributed by atoms with Gasteiger partial charge in [-0.15, -0.1) is 0 Å². The average molecular weight is 422 g/mol. The Kier molecular flexibility index (Phi) is 8.19. The van der Waals surface area contributed by atoms with Crippen molar-refractivity contribution in [3.63, 3.8) is 0 Å². The fourth-order valence-corrected chi connectivity index (χ4v) is 3.20. The van der Waals surface area contributed by atoms with Crippen LogP contribution in [0.25, 0.3) is 0 Å². The molecule has 29 heavy (non-hydrogen) atoms. The number of carbonyl (C=O) groups is 1. The summed E-state index contributed by atoms with van der Waals surface area (Å²) in [7, 11) is -0.525. The normalized spacial score (nSPS) is 11.7. The molecule has 0 saturated carbocycles. The maximum atomic E-state index is 12.1. The zero-order valence-corrected chi connectivity index (χ0v) is 17.9. The number of carbonyl (C=O) groups excluding carboxylic acids is 1. The minimum absolute atomic E-state index is 0.0782. The van der Waals surface area contributed by atoms with Gasteiger partial charge in [-0.3, -0.25) is 0 Å². The molecule has 0 saturated heterocycles. The predicted molar refractivity (Wildman–Crippen MR) is 109 cm³/mol. The van der Waals surface area contributed by atoms with Crippen LogP contribution >= 0.6 is 0 Å². The second-order valence-electron chi connectivity index (χ2n) is 6.80. The molecular formula is C21H27NO6S. The second kappa shape index (κ2) is 10.4. The molecule has 2 rings (SSSR count). The van der Waals surface area contributed by atoms with Crippen molar-refractivity contribution in [1.82, 2.24) is 4.31 Å². The van der Waals surface area contributed by atoms with Gasteiger partial charge in [0.05, 0.1) is 23.2 Å². The molecule has 158 valence electrons. The lowest BCUT2D eigenvalue weighted by Crippen LogP contribution is -2.22. The number of ether oxygens (including phenoxy) is 3. The molecule has 0 fully saturated rings. The summed E-state index contributed by atoms with van der Waals surface area (Å²) < 4.78 is 41.4. The summed E-state index contributed by atoms with van der Waals surface area (Å²) >= 11 is 0. The summed E-state index contributed by atoms with van der Waals surface area (Å²) in [5, 5.41) is 0. The summed E-state index contributed by atoms with van der Waals surface area (Å²) in [6, 6.07) is 13.1. The fourth-order valence-electron chi connectivity index (χ4n) is 2.30. The number of benzene rings is 2. The number of nitrogens with zero attached hydrogens (tertiary/aromatic N) is 1. The summed E-state index contributed by atoms with van der Waals surface area (Å²) in [5.41, 5.74) is 1.44. The molecule has 2 aromatic rings. The Morgan fingerprint density at radius 3 is 2.14 bits per heavy atom. The molecule has 0 amide bonds. The molecule has 0 N–H and O–H groups in total. The molecule has 0 aliphatic rings. The first-order chi connectivity index (χ1) is 13.7. The number of esters is 1. The van der Waals surface area contributed by atoms with Crippen LogP contribution in [0.5, 0.6) is 5.75 Å². The Balaban J connectivity index is 1.78. The lowest BCUT2D eigenvalue weighted by Gasteiger charge is -2.12. The van der Waals surface area contributed by atoms with Gasteiger partial charge in [0.15, 0.2) is 0 Å². The highest BCUT2D eigenvalue weighted by atomic mass is 32.2. The van der Waals surface area contributed by atoms with E-state index in [1.54, 1.807) is 24.3 Å². The maximum absolute atomic E-state index is 12.1. The SMILES string of the molecule is CC(C)OCc1ccc(C(=O)OCCOc2ccc(S(=O)(=O)N(C)C)cc2)cc1. The molecule has 0 bridgehead atoms. The molecule has 0 unspecified atom stereocenters. The van der Waals surface area contributed by atoms with E-state index in [1.165, 1.54) is 26.2 Å². The first-order valence-corrected chi connectivity index (χ1v) is 10.7. The van der Waals surface area contributed by atoms with Gasteiger partial charge in [-0.05, 0) is 55.8 Å². The quantitative estimate of drug-likeness (QED) is 0.433. The molecule has 0 spiro atoms. The van der Waals surface area contributed by atoms with Crippen LogP contribution in [0.15, 0.2) is 53.4 Å². The van der Waals surface area contributed by atoms with Gasteiger partial charge in [-0.25, -0.2) is 17.5 Å². The summed E-state index contributed by atoms with van der Waals surface area (Å²) in [4.78, 5) is 12.3. The van der Waals surface area contributed by atoms with Gasteiger partial charge in [0.2, 0.25) is 10.0 Å². The van der Waals surface area contributed by atoms with E-state index in [9.17, 15) is 13.2 Å². The Bertz CT molecular complexity index is 890. The molecule has 0 aliphatic heterocycles. The Morgan fingerprint density at radius 2 is 1.59 bits per heavy atom. The van der Waals surface area contributed by atoms with E-state index in [2.05, 4.69) is 0 Å². The van der Waals surface area contributed by atoms with Gasteiger partial charge in [0.1, 0.15) is 19.0 Å². The van der Waals surface area contributed by atoms with Gasteiger partial charge in [-0.1, -0.05) is 12.1 Å². The van der Waals surface area contributed by atoms with Crippen molar-refractivity contribution in [2.75, 3.05) is 27.3 Å². The molecule has 2 aromatic carbocycles. The van der Waals surface area contributed by atoms with Crippen molar-refractivity contribution in [2.24, 2.45) is 0 Å². The molecule has 8 heteroatoms. The van der Waals surface area contributed by atoms with Crippen molar-refractivity contribution in [3.05, 3.63) is 59.7 Å². The highest BCUT2D eigenvalue weighted by molar-refractivity contribution is 7.89. The molecule has 0 radical (unpaired) electrons. The van der Waals surface area contributed by atoms with Crippen molar-refractivity contribution in [2.45, 2.75) is 31.5 Å². The zero-order valence-electron chi connectivity index (χ0n) is 17.1.